The Balaban J connectivity index is 1.16. The summed E-state index contributed by atoms with van der Waals surface area (Å²) in [6.07, 6.45) is 1.57. The zero-order valence-electron chi connectivity index (χ0n) is 19.6. The maximum absolute atomic E-state index is 14.2. The van der Waals surface area contributed by atoms with Crippen LogP contribution in [0.3, 0.4) is 0 Å². The maximum atomic E-state index is 14.2. The molecule has 0 radical (unpaired) electrons. The van der Waals surface area contributed by atoms with Crippen molar-refractivity contribution in [3.05, 3.63) is 88.9 Å². The number of benzene rings is 2. The number of likely N-dealkylation sites (tertiary alicyclic amines) is 2. The van der Waals surface area contributed by atoms with Crippen molar-refractivity contribution in [2.45, 2.75) is 12.5 Å². The van der Waals surface area contributed by atoms with Gasteiger partial charge in [-0.2, -0.15) is 0 Å². The molecule has 2 unspecified atom stereocenters. The summed E-state index contributed by atoms with van der Waals surface area (Å²) in [6.45, 7) is 3.64. The molecule has 2 aromatic carbocycles. The molecule has 36 heavy (non-hydrogen) atoms. The van der Waals surface area contributed by atoms with Gasteiger partial charge in [0, 0.05) is 38.8 Å². The molecule has 0 aliphatic carbocycles. The number of hydrogen-bond acceptors (Lipinski definition) is 5. The van der Waals surface area contributed by atoms with Gasteiger partial charge in [-0.25, -0.2) is 9.18 Å². The summed E-state index contributed by atoms with van der Waals surface area (Å²) in [4.78, 5) is 29.4. The van der Waals surface area contributed by atoms with E-state index in [4.69, 9.17) is 20.8 Å². The smallest absolute Gasteiger partial charge is 0.415 e. The highest BCUT2D eigenvalue weighted by molar-refractivity contribution is 6.33. The largest absolute Gasteiger partial charge is 0.434 e. The summed E-state index contributed by atoms with van der Waals surface area (Å²) >= 11 is 6.10. The predicted molar refractivity (Wildman–Crippen MR) is 132 cm³/mol. The molecule has 0 bridgehead atoms. The minimum Gasteiger partial charge on any atom is -0.434 e. The van der Waals surface area contributed by atoms with Crippen LogP contribution < -0.4 is 10.1 Å². The lowest BCUT2D eigenvalue weighted by Crippen LogP contribution is -2.36. The van der Waals surface area contributed by atoms with Gasteiger partial charge in [0.25, 0.3) is 11.9 Å². The van der Waals surface area contributed by atoms with E-state index in [2.05, 4.69) is 10.2 Å². The van der Waals surface area contributed by atoms with Gasteiger partial charge in [-0.15, -0.1) is 0 Å². The van der Waals surface area contributed by atoms with Gasteiger partial charge in [-0.05, 0) is 42.0 Å². The van der Waals surface area contributed by atoms with Crippen LogP contribution in [0.5, 0.6) is 5.95 Å². The second-order valence-electron chi connectivity index (χ2n) is 9.30. The summed E-state index contributed by atoms with van der Waals surface area (Å²) < 4.78 is 24.6. The average Bonchev–Trinajstić information content (AvgIpc) is 3.59. The van der Waals surface area contributed by atoms with Crippen molar-refractivity contribution >= 4 is 23.6 Å². The van der Waals surface area contributed by atoms with E-state index in [1.54, 1.807) is 17.0 Å². The molecule has 1 aromatic heterocycles. The van der Waals surface area contributed by atoms with Crippen LogP contribution in [0.4, 0.5) is 9.18 Å². The third-order valence-electron chi connectivity index (χ3n) is 6.94. The fourth-order valence-electron chi connectivity index (χ4n) is 5.20. The van der Waals surface area contributed by atoms with Crippen LogP contribution in [-0.2, 0) is 0 Å². The number of carbonyl (C=O) groups is 2. The molecule has 1 N–H and O–H groups in total. The molecule has 2 amide bonds. The minimum atomic E-state index is -0.587. The van der Waals surface area contributed by atoms with E-state index in [1.807, 2.05) is 30.3 Å². The normalized spacial score (nSPS) is 20.2. The molecule has 7 nitrogen and oxygen atoms in total. The van der Waals surface area contributed by atoms with Gasteiger partial charge in [-0.3, -0.25) is 4.79 Å². The van der Waals surface area contributed by atoms with E-state index in [0.717, 1.165) is 25.2 Å². The van der Waals surface area contributed by atoms with Crippen molar-refractivity contribution < 1.29 is 23.1 Å². The Morgan fingerprint density at radius 2 is 1.78 bits per heavy atom. The lowest BCUT2D eigenvalue weighted by atomic mass is 10.0. The Labute approximate surface area is 213 Å². The Hall–Kier alpha value is -3.36. The second kappa shape index (κ2) is 10.7. The monoisotopic (exact) mass is 511 g/mol. The van der Waals surface area contributed by atoms with Gasteiger partial charge in [0.2, 0.25) is 0 Å². The van der Waals surface area contributed by atoms with E-state index >= 15 is 0 Å². The van der Waals surface area contributed by atoms with Gasteiger partial charge >= 0.3 is 6.09 Å². The number of hydrogen-bond donors (Lipinski definition) is 1. The van der Waals surface area contributed by atoms with Gasteiger partial charge in [0.15, 0.2) is 0 Å². The van der Waals surface area contributed by atoms with Crippen LogP contribution in [0.25, 0.3) is 0 Å². The van der Waals surface area contributed by atoms with Crippen LogP contribution >= 0.6 is 11.6 Å². The van der Waals surface area contributed by atoms with Crippen molar-refractivity contribution in [1.82, 2.24) is 15.1 Å². The van der Waals surface area contributed by atoms with Gasteiger partial charge in [0.05, 0.1) is 22.9 Å². The fourth-order valence-corrected chi connectivity index (χ4v) is 5.45. The Morgan fingerprint density at radius 3 is 2.44 bits per heavy atom. The van der Waals surface area contributed by atoms with Gasteiger partial charge in [-0.1, -0.05) is 48.0 Å². The number of amides is 2. The molecule has 2 fully saturated rings. The quantitative estimate of drug-likeness (QED) is 0.483. The predicted octanol–water partition coefficient (Wildman–Crippen LogP) is 5.00. The van der Waals surface area contributed by atoms with E-state index in [-0.39, 0.29) is 28.5 Å². The summed E-state index contributed by atoms with van der Waals surface area (Å²) in [5.74, 6) is -0.140. The molecule has 3 atom stereocenters. The highest BCUT2D eigenvalue weighted by Crippen LogP contribution is 2.33. The lowest BCUT2D eigenvalue weighted by Gasteiger charge is -2.24. The molecular weight excluding hydrogens is 485 g/mol. The van der Waals surface area contributed by atoms with E-state index in [0.29, 0.717) is 31.3 Å². The molecule has 3 aromatic rings. The van der Waals surface area contributed by atoms with Crippen molar-refractivity contribution in [2.75, 3.05) is 32.7 Å². The molecule has 5 rings (SSSR count). The van der Waals surface area contributed by atoms with Crippen LogP contribution in [0, 0.1) is 17.7 Å². The van der Waals surface area contributed by atoms with E-state index in [9.17, 15) is 14.0 Å². The van der Waals surface area contributed by atoms with Crippen LogP contribution in [0.1, 0.15) is 28.4 Å². The molecule has 188 valence electrons. The van der Waals surface area contributed by atoms with Crippen molar-refractivity contribution in [2.24, 2.45) is 11.8 Å². The molecule has 9 heteroatoms. The molecule has 2 aliphatic heterocycles. The summed E-state index contributed by atoms with van der Waals surface area (Å²) in [7, 11) is 0. The Kier molecular flexibility index (Phi) is 7.25. The summed E-state index contributed by atoms with van der Waals surface area (Å²) in [5, 5.41) is 3.09. The first-order valence-electron chi connectivity index (χ1n) is 12.0. The summed E-state index contributed by atoms with van der Waals surface area (Å²) in [5.41, 5.74) is 0.945. The first-order valence-corrected chi connectivity index (χ1v) is 12.4. The zero-order valence-corrected chi connectivity index (χ0v) is 20.4. The molecular formula is C27H27ClFN3O4. The van der Waals surface area contributed by atoms with Gasteiger partial charge < -0.3 is 24.3 Å². The van der Waals surface area contributed by atoms with Crippen molar-refractivity contribution in [1.29, 1.82) is 0 Å². The number of fused-ring (bicyclic) bond motifs is 1. The summed E-state index contributed by atoms with van der Waals surface area (Å²) in [6, 6.07) is 17.1. The van der Waals surface area contributed by atoms with Crippen LogP contribution in [0.2, 0.25) is 5.02 Å². The lowest BCUT2D eigenvalue weighted by molar-refractivity contribution is 0.0769. The zero-order chi connectivity index (χ0) is 25.1. The number of carbonyl (C=O) groups excluding carboxylic acids is 2. The van der Waals surface area contributed by atoms with Crippen molar-refractivity contribution in [3.8, 4) is 5.95 Å². The first-order chi connectivity index (χ1) is 17.5. The standard InChI is InChI=1S/C27H27ClFN3O4/c28-21-8-4-9-22(29)25(21)26(33)32-16-19-14-31(15-20(19)17-32)12-11-23(18-6-2-1-3-7-18)30-27(34)36-24-10-5-13-35-24/h1-10,13,19-20,23H,11-12,14-17H2,(H,30,34)/t19-,20?,23?/m0/s1. The number of nitrogens with zero attached hydrogens (tertiary/aromatic N) is 2. The van der Waals surface area contributed by atoms with Crippen molar-refractivity contribution in [3.63, 3.8) is 0 Å². The molecule has 3 heterocycles. The number of rotatable bonds is 7. The average molecular weight is 512 g/mol. The van der Waals surface area contributed by atoms with Crippen LogP contribution in [0.15, 0.2) is 71.3 Å². The Bertz CT molecular complexity index is 1170. The fraction of sp³-hybridized carbons (Fsp3) is 0.333. The molecule has 0 saturated carbocycles. The second-order valence-corrected chi connectivity index (χ2v) is 9.71. The van der Waals surface area contributed by atoms with Gasteiger partial charge in [0.1, 0.15) is 5.82 Å². The molecule has 2 saturated heterocycles. The molecule has 2 aliphatic rings. The van der Waals surface area contributed by atoms with Crippen LogP contribution in [-0.4, -0.2) is 54.5 Å². The third-order valence-corrected chi connectivity index (χ3v) is 7.26. The number of halogens is 2. The third kappa shape index (κ3) is 5.39. The maximum Gasteiger partial charge on any atom is 0.415 e. The van der Waals surface area contributed by atoms with E-state index < -0.39 is 11.9 Å². The van der Waals surface area contributed by atoms with E-state index in [1.165, 1.54) is 24.5 Å². The number of ether oxygens (including phenoxy) is 1. The first kappa shape index (κ1) is 24.3. The molecule has 0 spiro atoms. The number of nitrogens with one attached hydrogen (secondary N) is 1. The SMILES string of the molecule is O=C(NC(CCN1CC2CN(C(=O)c3c(F)cccc3Cl)C[C@@H]2C1)c1ccccc1)Oc1ccco1. The highest BCUT2D eigenvalue weighted by Gasteiger charge is 2.42. The topological polar surface area (TPSA) is 75.0 Å². The minimum absolute atomic E-state index is 0.0470. The number of furan rings is 1. The Morgan fingerprint density at radius 1 is 1.03 bits per heavy atom. The highest BCUT2D eigenvalue weighted by atomic mass is 35.5.